The Morgan fingerprint density at radius 1 is 1.41 bits per heavy atom. The summed E-state index contributed by atoms with van der Waals surface area (Å²) in [7, 11) is -1.06. The Morgan fingerprint density at radius 3 is 2.88 bits per heavy atom. The number of hydrogen-bond acceptors (Lipinski definition) is 5. The molecule has 0 saturated carbocycles. The van der Waals surface area contributed by atoms with Crippen LogP contribution in [0.3, 0.4) is 0 Å². The lowest BCUT2D eigenvalue weighted by Crippen LogP contribution is -2.24. The van der Waals surface area contributed by atoms with Crippen LogP contribution < -0.4 is 0 Å². The van der Waals surface area contributed by atoms with E-state index in [2.05, 4.69) is 52.7 Å². The Hall–Kier alpha value is -0.663. The molecular formula is C10H16N4S2Si. The predicted molar refractivity (Wildman–Crippen MR) is 75.3 cm³/mol. The Kier molecular flexibility index (Phi) is 4.00. The van der Waals surface area contributed by atoms with E-state index in [1.807, 2.05) is 4.68 Å². The molecule has 0 aliphatic carbocycles. The number of nitrogens with zero attached hydrogens (tertiary/aromatic N) is 4. The molecule has 2 aromatic heterocycles. The minimum Gasteiger partial charge on any atom is -0.215 e. The number of tetrazole rings is 1. The van der Waals surface area contributed by atoms with Gasteiger partial charge in [0.25, 0.3) is 0 Å². The molecule has 2 rings (SSSR count). The third kappa shape index (κ3) is 3.93. The maximum Gasteiger partial charge on any atom is 0.209 e. The minimum absolute atomic E-state index is 0.776. The monoisotopic (exact) mass is 284 g/mol. The van der Waals surface area contributed by atoms with Gasteiger partial charge in [0.2, 0.25) is 5.16 Å². The van der Waals surface area contributed by atoms with Gasteiger partial charge >= 0.3 is 0 Å². The molecule has 0 bridgehead atoms. The topological polar surface area (TPSA) is 43.6 Å². The summed E-state index contributed by atoms with van der Waals surface area (Å²) in [6, 6.07) is 4.17. The van der Waals surface area contributed by atoms with Gasteiger partial charge in [-0.15, -0.1) is 16.4 Å². The van der Waals surface area contributed by atoms with Crippen LogP contribution in [0.4, 0.5) is 0 Å². The summed E-state index contributed by atoms with van der Waals surface area (Å²) < 4.78 is 1.89. The standard InChI is InChI=1S/C10H16N4S2Si/c1-17(2,3)8-16-10-11-12-13-14(10)7-9-5-4-6-15-9/h4-6H,7-8H2,1-3H3. The Labute approximate surface area is 110 Å². The molecule has 7 heteroatoms. The van der Waals surface area contributed by atoms with Gasteiger partial charge < -0.3 is 0 Å². The summed E-state index contributed by atoms with van der Waals surface area (Å²) >= 11 is 3.51. The zero-order chi connectivity index (χ0) is 12.3. The molecule has 0 aliphatic heterocycles. The number of aromatic nitrogens is 4. The maximum atomic E-state index is 4.09. The molecular weight excluding hydrogens is 268 g/mol. The highest BCUT2D eigenvalue weighted by Gasteiger charge is 2.16. The molecule has 0 amide bonds. The average molecular weight is 284 g/mol. The van der Waals surface area contributed by atoms with E-state index in [0.717, 1.165) is 17.1 Å². The van der Waals surface area contributed by atoms with Crippen LogP contribution in [0.2, 0.25) is 19.6 Å². The fourth-order valence-corrected chi connectivity index (χ4v) is 4.51. The molecule has 0 spiro atoms. The van der Waals surface area contributed by atoms with Gasteiger partial charge in [-0.3, -0.25) is 0 Å². The second-order valence-corrected chi connectivity index (χ2v) is 13.0. The minimum atomic E-state index is -1.06. The number of thiophene rings is 1. The highest BCUT2D eigenvalue weighted by molar-refractivity contribution is 8.00. The van der Waals surface area contributed by atoms with E-state index in [4.69, 9.17) is 0 Å². The molecule has 92 valence electrons. The lowest BCUT2D eigenvalue weighted by molar-refractivity contribution is 0.609. The van der Waals surface area contributed by atoms with Crippen LogP contribution in [-0.2, 0) is 6.54 Å². The van der Waals surface area contributed by atoms with Crippen LogP contribution in [0.15, 0.2) is 22.7 Å². The van der Waals surface area contributed by atoms with Crippen LogP contribution in [-0.4, -0.2) is 33.7 Å². The van der Waals surface area contributed by atoms with Gasteiger partial charge in [0, 0.05) is 4.88 Å². The fourth-order valence-electron chi connectivity index (χ4n) is 1.23. The van der Waals surface area contributed by atoms with Crippen molar-refractivity contribution in [1.82, 2.24) is 20.2 Å². The molecule has 2 heterocycles. The molecule has 0 atom stereocenters. The van der Waals surface area contributed by atoms with Gasteiger partial charge in [-0.1, -0.05) is 37.5 Å². The lowest BCUT2D eigenvalue weighted by atomic mass is 10.5. The number of hydrogen-bond donors (Lipinski definition) is 0. The first-order chi connectivity index (χ1) is 8.04. The first-order valence-corrected chi connectivity index (χ1v) is 11.0. The third-order valence-corrected chi connectivity index (χ3v) is 7.47. The number of thioether (sulfide) groups is 1. The van der Waals surface area contributed by atoms with Crippen molar-refractivity contribution in [2.24, 2.45) is 0 Å². The summed E-state index contributed by atoms with van der Waals surface area (Å²) in [6.45, 7) is 7.84. The molecule has 0 unspecified atom stereocenters. The quantitative estimate of drug-likeness (QED) is 0.625. The van der Waals surface area contributed by atoms with E-state index in [1.54, 1.807) is 23.1 Å². The highest BCUT2D eigenvalue weighted by atomic mass is 32.2. The van der Waals surface area contributed by atoms with E-state index >= 15 is 0 Å². The molecule has 17 heavy (non-hydrogen) atoms. The van der Waals surface area contributed by atoms with Crippen LogP contribution in [0.25, 0.3) is 0 Å². The SMILES string of the molecule is C[Si](C)(C)CSc1nnnn1Cc1cccs1. The van der Waals surface area contributed by atoms with Crippen molar-refractivity contribution in [3.05, 3.63) is 22.4 Å². The molecule has 2 aromatic rings. The summed E-state index contributed by atoms with van der Waals surface area (Å²) in [5.41, 5.74) is 0. The van der Waals surface area contributed by atoms with Gasteiger partial charge in [0.15, 0.2) is 0 Å². The molecule has 0 aromatic carbocycles. The summed E-state index contributed by atoms with van der Waals surface area (Å²) in [6.07, 6.45) is 0. The maximum absolute atomic E-state index is 4.09. The van der Waals surface area contributed by atoms with Crippen molar-refractivity contribution < 1.29 is 0 Å². The summed E-state index contributed by atoms with van der Waals surface area (Å²) in [5.74, 6) is 0. The normalized spacial score (nSPS) is 11.9. The molecule has 0 radical (unpaired) electrons. The van der Waals surface area contributed by atoms with Crippen LogP contribution >= 0.6 is 23.1 Å². The van der Waals surface area contributed by atoms with Crippen LogP contribution in [0.1, 0.15) is 4.88 Å². The van der Waals surface area contributed by atoms with Gasteiger partial charge in [-0.05, 0) is 27.2 Å². The van der Waals surface area contributed by atoms with Gasteiger partial charge in [-0.25, -0.2) is 4.68 Å². The highest BCUT2D eigenvalue weighted by Crippen LogP contribution is 2.20. The van der Waals surface area contributed by atoms with Crippen LogP contribution in [0.5, 0.6) is 0 Å². The Morgan fingerprint density at radius 2 is 2.24 bits per heavy atom. The second kappa shape index (κ2) is 5.32. The van der Waals surface area contributed by atoms with Crippen molar-refractivity contribution in [2.45, 2.75) is 31.3 Å². The summed E-state index contributed by atoms with van der Waals surface area (Å²) in [4.78, 5) is 1.28. The van der Waals surface area contributed by atoms with E-state index in [9.17, 15) is 0 Å². The Bertz CT molecular complexity index is 461. The van der Waals surface area contributed by atoms with Crippen LogP contribution in [0, 0.1) is 0 Å². The van der Waals surface area contributed by atoms with Gasteiger partial charge in [0.05, 0.1) is 14.6 Å². The molecule has 0 N–H and O–H groups in total. The lowest BCUT2D eigenvalue weighted by Gasteiger charge is -2.13. The van der Waals surface area contributed by atoms with Gasteiger partial charge in [-0.2, -0.15) is 0 Å². The third-order valence-electron chi connectivity index (χ3n) is 2.02. The van der Waals surface area contributed by atoms with Crippen molar-refractivity contribution in [1.29, 1.82) is 0 Å². The van der Waals surface area contributed by atoms with Gasteiger partial charge in [0.1, 0.15) is 0 Å². The number of rotatable bonds is 5. The largest absolute Gasteiger partial charge is 0.215 e. The zero-order valence-corrected chi connectivity index (χ0v) is 12.9. The van der Waals surface area contributed by atoms with E-state index in [-0.39, 0.29) is 0 Å². The fraction of sp³-hybridized carbons (Fsp3) is 0.500. The first-order valence-electron chi connectivity index (χ1n) is 5.46. The van der Waals surface area contributed by atoms with Crippen molar-refractivity contribution in [3.63, 3.8) is 0 Å². The van der Waals surface area contributed by atoms with Crippen molar-refractivity contribution >= 4 is 31.2 Å². The van der Waals surface area contributed by atoms with E-state index in [1.165, 1.54) is 4.88 Å². The Balaban J connectivity index is 2.02. The van der Waals surface area contributed by atoms with E-state index in [0.29, 0.717) is 0 Å². The molecule has 0 fully saturated rings. The zero-order valence-electron chi connectivity index (χ0n) is 10.3. The van der Waals surface area contributed by atoms with E-state index < -0.39 is 8.07 Å². The van der Waals surface area contributed by atoms with Crippen molar-refractivity contribution in [3.8, 4) is 0 Å². The molecule has 4 nitrogen and oxygen atoms in total. The second-order valence-electron chi connectivity index (χ2n) is 5.05. The summed E-state index contributed by atoms with van der Waals surface area (Å²) in [5, 5.41) is 16.1. The van der Waals surface area contributed by atoms with Crippen molar-refractivity contribution in [2.75, 3.05) is 5.38 Å². The smallest absolute Gasteiger partial charge is 0.209 e. The molecule has 0 saturated heterocycles. The molecule has 0 aliphatic rings. The average Bonchev–Trinajstić information content (AvgIpc) is 2.86. The first kappa shape index (κ1) is 12.8. The predicted octanol–water partition coefficient (Wildman–Crippen LogP) is 2.75.